The van der Waals surface area contributed by atoms with E-state index in [1.54, 1.807) is 0 Å². The minimum Gasteiger partial charge on any atom is -0.345 e. The van der Waals surface area contributed by atoms with Crippen molar-refractivity contribution >= 4 is 27.5 Å². The van der Waals surface area contributed by atoms with E-state index in [2.05, 4.69) is 31.4 Å². The topological polar surface area (TPSA) is 59.3 Å². The molecule has 5 nitrogen and oxygen atoms in total. The number of amides is 1. The maximum absolute atomic E-state index is 11.8. The van der Waals surface area contributed by atoms with Crippen LogP contribution in [0.25, 0.3) is 5.65 Å². The Balaban J connectivity index is 2.19. The second-order valence-electron chi connectivity index (χ2n) is 4.09. The number of pyridine rings is 1. The number of nitrogens with zero attached hydrogens (tertiary/aromatic N) is 3. The van der Waals surface area contributed by atoms with Crippen molar-refractivity contribution < 1.29 is 4.79 Å². The van der Waals surface area contributed by atoms with Crippen LogP contribution in [0.2, 0.25) is 0 Å². The molecule has 1 N–H and O–H groups in total. The standard InChI is InChI=1S/C12H15BrN4O/c1-3-9(13)12(18)14-8(2)11-16-15-10-6-4-5-7-17(10)11/h4-9H,3H2,1-2H3,(H,14,18). The first-order valence-electron chi connectivity index (χ1n) is 5.87. The summed E-state index contributed by atoms with van der Waals surface area (Å²) in [6, 6.07) is 5.52. The van der Waals surface area contributed by atoms with Gasteiger partial charge in [-0.15, -0.1) is 10.2 Å². The molecule has 0 aliphatic heterocycles. The third-order valence-electron chi connectivity index (χ3n) is 2.73. The molecule has 6 heteroatoms. The van der Waals surface area contributed by atoms with Crippen molar-refractivity contribution in [3.8, 4) is 0 Å². The Morgan fingerprint density at radius 3 is 3.00 bits per heavy atom. The first-order chi connectivity index (χ1) is 8.63. The molecule has 2 aromatic rings. The Hall–Kier alpha value is -1.43. The normalized spacial score (nSPS) is 14.4. The van der Waals surface area contributed by atoms with Gasteiger partial charge < -0.3 is 5.32 Å². The molecule has 2 atom stereocenters. The number of alkyl halides is 1. The lowest BCUT2D eigenvalue weighted by molar-refractivity contribution is -0.121. The third-order valence-corrected chi connectivity index (χ3v) is 3.79. The second kappa shape index (κ2) is 5.48. The number of carbonyl (C=O) groups is 1. The summed E-state index contributed by atoms with van der Waals surface area (Å²) < 4.78 is 1.88. The number of fused-ring (bicyclic) bond motifs is 1. The smallest absolute Gasteiger partial charge is 0.234 e. The minimum absolute atomic E-state index is 0.0299. The zero-order chi connectivity index (χ0) is 13.1. The molecule has 0 saturated carbocycles. The summed E-state index contributed by atoms with van der Waals surface area (Å²) in [5, 5.41) is 11.1. The summed E-state index contributed by atoms with van der Waals surface area (Å²) in [4.78, 5) is 11.6. The predicted octanol–water partition coefficient (Wildman–Crippen LogP) is 2.08. The number of rotatable bonds is 4. The van der Waals surface area contributed by atoms with Gasteiger partial charge in [-0.05, 0) is 25.5 Å². The summed E-state index contributed by atoms with van der Waals surface area (Å²) in [6.07, 6.45) is 2.64. The highest BCUT2D eigenvalue weighted by Crippen LogP contribution is 2.13. The molecule has 0 aromatic carbocycles. The highest BCUT2D eigenvalue weighted by atomic mass is 79.9. The maximum Gasteiger partial charge on any atom is 0.234 e. The van der Waals surface area contributed by atoms with E-state index in [1.807, 2.05) is 42.6 Å². The predicted molar refractivity (Wildman–Crippen MR) is 72.6 cm³/mol. The Labute approximate surface area is 114 Å². The van der Waals surface area contributed by atoms with Crippen molar-refractivity contribution in [3.05, 3.63) is 30.2 Å². The van der Waals surface area contributed by atoms with E-state index in [0.717, 1.165) is 17.9 Å². The first kappa shape index (κ1) is 13.0. The number of hydrogen-bond acceptors (Lipinski definition) is 3. The first-order valence-corrected chi connectivity index (χ1v) is 6.79. The maximum atomic E-state index is 11.8. The van der Waals surface area contributed by atoms with Crippen LogP contribution in [-0.4, -0.2) is 25.3 Å². The average Bonchev–Trinajstić information content (AvgIpc) is 2.81. The summed E-state index contributed by atoms with van der Waals surface area (Å²) >= 11 is 3.33. The average molecular weight is 311 g/mol. The largest absolute Gasteiger partial charge is 0.345 e. The fraction of sp³-hybridized carbons (Fsp3) is 0.417. The molecular formula is C12H15BrN4O. The van der Waals surface area contributed by atoms with Crippen molar-refractivity contribution in [2.24, 2.45) is 0 Å². The number of nitrogens with one attached hydrogen (secondary N) is 1. The van der Waals surface area contributed by atoms with Crippen LogP contribution in [0.3, 0.4) is 0 Å². The van der Waals surface area contributed by atoms with Gasteiger partial charge in [-0.25, -0.2) is 0 Å². The number of hydrogen-bond donors (Lipinski definition) is 1. The van der Waals surface area contributed by atoms with Crippen LogP contribution in [0, 0.1) is 0 Å². The molecule has 0 radical (unpaired) electrons. The fourth-order valence-corrected chi connectivity index (χ4v) is 1.84. The van der Waals surface area contributed by atoms with Crippen molar-refractivity contribution in [1.82, 2.24) is 19.9 Å². The minimum atomic E-state index is -0.179. The van der Waals surface area contributed by atoms with Gasteiger partial charge in [0.1, 0.15) is 0 Å². The molecule has 2 aromatic heterocycles. The second-order valence-corrected chi connectivity index (χ2v) is 5.20. The van der Waals surface area contributed by atoms with Gasteiger partial charge in [0.05, 0.1) is 10.9 Å². The van der Waals surface area contributed by atoms with E-state index >= 15 is 0 Å². The van der Waals surface area contributed by atoms with Crippen LogP contribution in [0.5, 0.6) is 0 Å². The van der Waals surface area contributed by atoms with Crippen LogP contribution >= 0.6 is 15.9 Å². The van der Waals surface area contributed by atoms with Crippen LogP contribution in [0.1, 0.15) is 32.1 Å². The van der Waals surface area contributed by atoms with Gasteiger partial charge in [0.25, 0.3) is 0 Å². The molecule has 96 valence electrons. The quantitative estimate of drug-likeness (QED) is 0.880. The third kappa shape index (κ3) is 2.53. The van der Waals surface area contributed by atoms with Crippen LogP contribution in [0.15, 0.2) is 24.4 Å². The molecule has 0 bridgehead atoms. The zero-order valence-corrected chi connectivity index (χ0v) is 11.9. The molecule has 0 aliphatic carbocycles. The molecule has 0 aliphatic rings. The highest BCUT2D eigenvalue weighted by Gasteiger charge is 2.19. The van der Waals surface area contributed by atoms with Gasteiger partial charge in [-0.2, -0.15) is 0 Å². The highest BCUT2D eigenvalue weighted by molar-refractivity contribution is 9.10. The summed E-state index contributed by atoms with van der Waals surface area (Å²) in [5.74, 6) is 0.701. The van der Waals surface area contributed by atoms with Gasteiger partial charge in [-0.3, -0.25) is 9.20 Å². The van der Waals surface area contributed by atoms with E-state index in [9.17, 15) is 4.79 Å². The summed E-state index contributed by atoms with van der Waals surface area (Å²) in [5.41, 5.74) is 0.777. The van der Waals surface area contributed by atoms with Crippen molar-refractivity contribution in [2.45, 2.75) is 31.1 Å². The van der Waals surface area contributed by atoms with E-state index in [4.69, 9.17) is 0 Å². The van der Waals surface area contributed by atoms with Gasteiger partial charge >= 0.3 is 0 Å². The number of carbonyl (C=O) groups excluding carboxylic acids is 1. The zero-order valence-electron chi connectivity index (χ0n) is 10.3. The van der Waals surface area contributed by atoms with Gasteiger partial charge in [0, 0.05) is 6.20 Å². The lowest BCUT2D eigenvalue weighted by atomic mass is 10.2. The Morgan fingerprint density at radius 1 is 1.50 bits per heavy atom. The molecule has 1 amide bonds. The summed E-state index contributed by atoms with van der Waals surface area (Å²) in [7, 11) is 0. The number of aromatic nitrogens is 3. The molecule has 0 spiro atoms. The van der Waals surface area contributed by atoms with E-state index in [1.165, 1.54) is 0 Å². The molecule has 2 rings (SSSR count). The molecule has 2 unspecified atom stereocenters. The molecular weight excluding hydrogens is 296 g/mol. The Bertz CT molecular complexity index is 554. The Morgan fingerprint density at radius 2 is 2.28 bits per heavy atom. The van der Waals surface area contributed by atoms with E-state index < -0.39 is 0 Å². The van der Waals surface area contributed by atoms with Crippen molar-refractivity contribution in [1.29, 1.82) is 0 Å². The van der Waals surface area contributed by atoms with Gasteiger partial charge in [0.15, 0.2) is 11.5 Å². The monoisotopic (exact) mass is 310 g/mol. The molecule has 0 fully saturated rings. The van der Waals surface area contributed by atoms with Crippen LogP contribution in [-0.2, 0) is 4.79 Å². The SMILES string of the molecule is CCC(Br)C(=O)NC(C)c1nnc2ccccn12. The lowest BCUT2D eigenvalue weighted by Gasteiger charge is -2.14. The van der Waals surface area contributed by atoms with E-state index in [-0.39, 0.29) is 16.8 Å². The lowest BCUT2D eigenvalue weighted by Crippen LogP contribution is -2.33. The Kier molecular flexibility index (Phi) is 3.96. The van der Waals surface area contributed by atoms with Crippen LogP contribution in [0.4, 0.5) is 0 Å². The van der Waals surface area contributed by atoms with E-state index in [0.29, 0.717) is 0 Å². The van der Waals surface area contributed by atoms with Crippen molar-refractivity contribution in [3.63, 3.8) is 0 Å². The molecule has 2 heterocycles. The number of halogens is 1. The van der Waals surface area contributed by atoms with Crippen molar-refractivity contribution in [2.75, 3.05) is 0 Å². The van der Waals surface area contributed by atoms with Crippen LogP contribution < -0.4 is 5.32 Å². The molecule has 18 heavy (non-hydrogen) atoms. The van der Waals surface area contributed by atoms with Gasteiger partial charge in [0.2, 0.25) is 5.91 Å². The molecule has 0 saturated heterocycles. The van der Waals surface area contributed by atoms with Gasteiger partial charge in [-0.1, -0.05) is 28.9 Å². The fourth-order valence-electron chi connectivity index (χ4n) is 1.71. The summed E-state index contributed by atoms with van der Waals surface area (Å²) in [6.45, 7) is 3.85.